The molecule has 20 heavy (non-hydrogen) atoms. The molecule has 104 valence electrons. The van der Waals surface area contributed by atoms with Crippen LogP contribution in [0.5, 0.6) is 0 Å². The van der Waals surface area contributed by atoms with Crippen molar-refractivity contribution in [2.24, 2.45) is 10.3 Å². The van der Waals surface area contributed by atoms with Crippen LogP contribution in [0.25, 0.3) is 5.70 Å². The van der Waals surface area contributed by atoms with Crippen LogP contribution in [-0.4, -0.2) is 34.5 Å². The van der Waals surface area contributed by atoms with Crippen LogP contribution in [0.2, 0.25) is 0 Å². The zero-order valence-electron chi connectivity index (χ0n) is 10.2. The van der Waals surface area contributed by atoms with Gasteiger partial charge < -0.3 is 9.84 Å². The largest absolute Gasteiger partial charge is 0.462 e. The smallest absolute Gasteiger partial charge is 0.450 e. The number of rotatable bonds is 1. The summed E-state index contributed by atoms with van der Waals surface area (Å²) in [6.45, 7) is 0. The first kappa shape index (κ1) is 13.5. The van der Waals surface area contributed by atoms with E-state index in [0.717, 1.165) is 13.3 Å². The summed E-state index contributed by atoms with van der Waals surface area (Å²) in [4.78, 5) is 22.4. The van der Waals surface area contributed by atoms with Crippen LogP contribution in [0.15, 0.2) is 40.8 Å². The molecule has 9 heteroatoms. The van der Waals surface area contributed by atoms with E-state index in [-0.39, 0.29) is 5.70 Å². The topological polar surface area (TPSA) is 94.8 Å². The Morgan fingerprint density at radius 2 is 1.95 bits per heavy atom. The van der Waals surface area contributed by atoms with Gasteiger partial charge in [0, 0.05) is 5.56 Å². The summed E-state index contributed by atoms with van der Waals surface area (Å²) in [5, 5.41) is 16.9. The maximum Gasteiger partial charge on any atom is 0.450 e. The Kier molecular flexibility index (Phi) is 3.60. The molecule has 1 N–H and O–H groups in total. The number of carboxylic acid groups (broad SMARTS) is 1. The number of methoxy groups -OCH3 is 1. The molecule has 2 amide bonds. The highest BCUT2D eigenvalue weighted by Gasteiger charge is 2.29. The van der Waals surface area contributed by atoms with E-state index >= 15 is 0 Å². The van der Waals surface area contributed by atoms with Gasteiger partial charge in [-0.1, -0.05) is 5.12 Å². The summed E-state index contributed by atoms with van der Waals surface area (Å²) in [6.07, 6.45) is -1.33. The number of carbonyl (C=O) groups excluding carboxylic acids is 1. The standard InChI is InChI=1S/C11H9FN4O4/c1-20-11(19)15-6-9(13-14-16(15)10(17)18)7-2-4-8(12)5-3-7/h2-6H,1H3,(H,17,18). The minimum atomic E-state index is -1.51. The average molecular weight is 280 g/mol. The lowest BCUT2D eigenvalue weighted by atomic mass is 10.2. The van der Waals surface area contributed by atoms with Crippen LogP contribution in [-0.2, 0) is 4.74 Å². The maximum absolute atomic E-state index is 12.8. The van der Waals surface area contributed by atoms with E-state index in [1.165, 1.54) is 24.3 Å². The fourth-order valence-corrected chi connectivity index (χ4v) is 1.44. The lowest BCUT2D eigenvalue weighted by Gasteiger charge is -2.25. The molecule has 0 saturated heterocycles. The highest BCUT2D eigenvalue weighted by molar-refractivity contribution is 5.77. The van der Waals surface area contributed by atoms with Crippen LogP contribution in [0.1, 0.15) is 5.56 Å². The monoisotopic (exact) mass is 280 g/mol. The molecule has 1 aliphatic heterocycles. The molecule has 2 rings (SSSR count). The Bertz CT molecular complexity index is 599. The second kappa shape index (κ2) is 5.34. The predicted molar refractivity (Wildman–Crippen MR) is 63.3 cm³/mol. The van der Waals surface area contributed by atoms with Crippen LogP contribution in [0.3, 0.4) is 0 Å². The van der Waals surface area contributed by atoms with E-state index in [1.54, 1.807) is 0 Å². The van der Waals surface area contributed by atoms with Crippen LogP contribution in [0.4, 0.5) is 14.0 Å². The summed E-state index contributed by atoms with van der Waals surface area (Å²) >= 11 is 0. The Morgan fingerprint density at radius 1 is 1.30 bits per heavy atom. The SMILES string of the molecule is COC(=O)N1C=C(c2ccc(F)cc2)N=NN1C(=O)O. The van der Waals surface area contributed by atoms with Gasteiger partial charge in [-0.25, -0.2) is 14.0 Å². The number of nitrogens with zero attached hydrogens (tertiary/aromatic N) is 4. The lowest BCUT2D eigenvalue weighted by Crippen LogP contribution is -2.43. The van der Waals surface area contributed by atoms with Crippen molar-refractivity contribution in [2.75, 3.05) is 7.11 Å². The summed E-state index contributed by atoms with van der Waals surface area (Å²) in [5.41, 5.74) is 0.655. The number of amides is 2. The van der Waals surface area contributed by atoms with Crippen molar-refractivity contribution in [1.29, 1.82) is 0 Å². The van der Waals surface area contributed by atoms with Gasteiger partial charge in [0.25, 0.3) is 0 Å². The average Bonchev–Trinajstić information content (AvgIpc) is 2.46. The minimum Gasteiger partial charge on any atom is -0.462 e. The first-order valence-electron chi connectivity index (χ1n) is 5.32. The lowest BCUT2D eigenvalue weighted by molar-refractivity contribution is 0.0180. The summed E-state index contributed by atoms with van der Waals surface area (Å²) in [6, 6.07) is 5.26. The molecule has 0 aliphatic carbocycles. The van der Waals surface area contributed by atoms with E-state index in [1.807, 2.05) is 0 Å². The van der Waals surface area contributed by atoms with E-state index in [0.29, 0.717) is 15.7 Å². The van der Waals surface area contributed by atoms with Crippen LogP contribution >= 0.6 is 0 Å². The molecule has 0 bridgehead atoms. The number of hydrogen-bond acceptors (Lipinski definition) is 5. The van der Waals surface area contributed by atoms with Crippen LogP contribution < -0.4 is 0 Å². The van der Waals surface area contributed by atoms with Crippen LogP contribution in [0, 0.1) is 5.82 Å². The number of hydrazine groups is 1. The van der Waals surface area contributed by atoms with Gasteiger partial charge in [-0.15, -0.1) is 5.11 Å². The molecular formula is C11H9FN4O4. The molecule has 0 unspecified atom stereocenters. The Balaban J connectivity index is 2.36. The Hall–Kier alpha value is -2.97. The van der Waals surface area contributed by atoms with Crippen molar-refractivity contribution in [3.63, 3.8) is 0 Å². The number of benzene rings is 1. The third kappa shape index (κ3) is 2.55. The second-order valence-corrected chi connectivity index (χ2v) is 3.60. The highest BCUT2D eigenvalue weighted by Crippen LogP contribution is 2.23. The molecular weight excluding hydrogens is 271 g/mol. The molecule has 8 nitrogen and oxygen atoms in total. The van der Waals surface area contributed by atoms with E-state index < -0.39 is 18.0 Å². The molecule has 1 heterocycles. The fourth-order valence-electron chi connectivity index (χ4n) is 1.44. The normalized spacial score (nSPS) is 14.0. The van der Waals surface area contributed by atoms with Crippen molar-refractivity contribution in [3.05, 3.63) is 41.8 Å². The first-order valence-corrected chi connectivity index (χ1v) is 5.32. The van der Waals surface area contributed by atoms with E-state index in [9.17, 15) is 14.0 Å². The van der Waals surface area contributed by atoms with Crippen molar-refractivity contribution >= 4 is 17.9 Å². The van der Waals surface area contributed by atoms with E-state index in [4.69, 9.17) is 5.11 Å². The summed E-state index contributed by atoms with van der Waals surface area (Å²) in [7, 11) is 1.10. The summed E-state index contributed by atoms with van der Waals surface area (Å²) < 4.78 is 17.3. The van der Waals surface area contributed by atoms with Gasteiger partial charge in [0.05, 0.1) is 13.3 Å². The van der Waals surface area contributed by atoms with Crippen molar-refractivity contribution in [2.45, 2.75) is 0 Å². The van der Waals surface area contributed by atoms with Gasteiger partial charge in [0.15, 0.2) is 0 Å². The fraction of sp³-hybridized carbons (Fsp3) is 0.0909. The van der Waals surface area contributed by atoms with Crippen molar-refractivity contribution in [3.8, 4) is 0 Å². The zero-order chi connectivity index (χ0) is 14.7. The third-order valence-electron chi connectivity index (χ3n) is 2.36. The molecule has 0 saturated carbocycles. The Labute approximate surface area is 112 Å². The van der Waals surface area contributed by atoms with Gasteiger partial charge in [0.1, 0.15) is 11.5 Å². The number of halogens is 1. The molecule has 0 atom stereocenters. The van der Waals surface area contributed by atoms with Gasteiger partial charge in [0.2, 0.25) is 0 Å². The molecule has 1 aromatic carbocycles. The number of hydrogen-bond donors (Lipinski definition) is 1. The first-order chi connectivity index (χ1) is 9.52. The van der Waals surface area contributed by atoms with Gasteiger partial charge in [-0.3, -0.25) is 0 Å². The maximum atomic E-state index is 12.8. The van der Waals surface area contributed by atoms with Crippen molar-refractivity contribution < 1.29 is 23.8 Å². The third-order valence-corrected chi connectivity index (χ3v) is 2.36. The van der Waals surface area contributed by atoms with Crippen molar-refractivity contribution in [1.82, 2.24) is 10.1 Å². The predicted octanol–water partition coefficient (Wildman–Crippen LogP) is 2.47. The summed E-state index contributed by atoms with van der Waals surface area (Å²) in [5.74, 6) is -0.431. The van der Waals surface area contributed by atoms with E-state index in [2.05, 4.69) is 15.1 Å². The van der Waals surface area contributed by atoms with Gasteiger partial charge in [-0.2, -0.15) is 5.01 Å². The molecule has 0 radical (unpaired) electrons. The quantitative estimate of drug-likeness (QED) is 0.854. The molecule has 0 spiro atoms. The van der Waals surface area contributed by atoms with Gasteiger partial charge in [-0.05, 0) is 29.5 Å². The number of carbonyl (C=O) groups is 2. The molecule has 1 aliphatic rings. The molecule has 0 aromatic heterocycles. The number of ether oxygens (including phenoxy) is 1. The minimum absolute atomic E-state index is 0.188. The highest BCUT2D eigenvalue weighted by atomic mass is 19.1. The second-order valence-electron chi connectivity index (χ2n) is 3.60. The van der Waals surface area contributed by atoms with Gasteiger partial charge >= 0.3 is 12.2 Å². The molecule has 0 fully saturated rings. The molecule has 1 aromatic rings. The Morgan fingerprint density at radius 3 is 2.50 bits per heavy atom. The zero-order valence-corrected chi connectivity index (χ0v) is 10.2.